The Bertz CT molecular complexity index is 1910. The Morgan fingerprint density at radius 2 is 1.70 bits per heavy atom. The molecule has 0 spiro atoms. The van der Waals surface area contributed by atoms with E-state index in [2.05, 4.69) is 31.2 Å². The minimum atomic E-state index is -0.973. The van der Waals surface area contributed by atoms with Gasteiger partial charge in [-0.15, -0.1) is 0 Å². The number of aryl methyl sites for hydroxylation is 2. The SMILES string of the molecule is Cc1ccc(C(=O)O)cc1-n1c(C)cc([C@H]2[C@@H](c3ccccn3)NC(=S)N2c2ccc(NC(=O)COc3ccccc3)cc2)c1C. The number of para-hydroxylation sites is 1. The number of thiocarbonyl (C=S) groups is 1. The number of carbonyl (C=O) groups excluding carboxylic acids is 1. The molecule has 1 aliphatic rings. The van der Waals surface area contributed by atoms with Crippen LogP contribution in [-0.2, 0) is 4.79 Å². The number of ether oxygens (including phenoxy) is 1. The van der Waals surface area contributed by atoms with Gasteiger partial charge in [0.2, 0.25) is 0 Å². The summed E-state index contributed by atoms with van der Waals surface area (Å²) in [5.74, 6) is -0.613. The third kappa shape index (κ3) is 6.07. The zero-order valence-electron chi connectivity index (χ0n) is 25.6. The molecule has 3 N–H and O–H groups in total. The van der Waals surface area contributed by atoms with Crippen molar-refractivity contribution in [3.8, 4) is 11.4 Å². The summed E-state index contributed by atoms with van der Waals surface area (Å²) in [5.41, 5.74) is 7.27. The summed E-state index contributed by atoms with van der Waals surface area (Å²) < 4.78 is 7.67. The summed E-state index contributed by atoms with van der Waals surface area (Å²) in [4.78, 5) is 31.1. The summed E-state index contributed by atoms with van der Waals surface area (Å²) in [6.07, 6.45) is 1.77. The minimum Gasteiger partial charge on any atom is -0.484 e. The van der Waals surface area contributed by atoms with Crippen LogP contribution in [0.5, 0.6) is 5.75 Å². The van der Waals surface area contributed by atoms with E-state index in [-0.39, 0.29) is 30.2 Å². The van der Waals surface area contributed by atoms with Gasteiger partial charge in [-0.2, -0.15) is 0 Å². The topological polar surface area (TPSA) is 109 Å². The number of benzene rings is 3. The van der Waals surface area contributed by atoms with Gasteiger partial charge in [0.15, 0.2) is 11.7 Å². The zero-order valence-corrected chi connectivity index (χ0v) is 26.4. The number of anilines is 2. The van der Waals surface area contributed by atoms with Gasteiger partial charge in [-0.1, -0.05) is 30.3 Å². The van der Waals surface area contributed by atoms with E-state index in [1.807, 2.05) is 87.5 Å². The van der Waals surface area contributed by atoms with E-state index in [4.69, 9.17) is 17.0 Å². The molecule has 1 saturated heterocycles. The minimum absolute atomic E-state index is 0.107. The van der Waals surface area contributed by atoms with Gasteiger partial charge >= 0.3 is 5.97 Å². The number of carbonyl (C=O) groups is 2. The number of amides is 1. The number of aromatic carboxylic acids is 1. The molecule has 9 nitrogen and oxygen atoms in total. The fourth-order valence-corrected chi connectivity index (χ4v) is 6.30. The van der Waals surface area contributed by atoms with Crippen molar-refractivity contribution < 1.29 is 19.4 Å². The molecule has 0 unspecified atom stereocenters. The maximum atomic E-state index is 12.6. The molecule has 0 saturated carbocycles. The maximum absolute atomic E-state index is 12.6. The van der Waals surface area contributed by atoms with Crippen molar-refractivity contribution >= 4 is 40.6 Å². The molecule has 0 aliphatic carbocycles. The number of aromatic nitrogens is 2. The van der Waals surface area contributed by atoms with Crippen LogP contribution in [0.15, 0.2) is 103 Å². The first-order chi connectivity index (χ1) is 22.2. The lowest BCUT2D eigenvalue weighted by molar-refractivity contribution is -0.118. The predicted molar refractivity (Wildman–Crippen MR) is 182 cm³/mol. The Labute approximate surface area is 272 Å². The Morgan fingerprint density at radius 3 is 2.39 bits per heavy atom. The number of carboxylic acids is 1. The van der Waals surface area contributed by atoms with Crippen molar-refractivity contribution in [2.24, 2.45) is 0 Å². The van der Waals surface area contributed by atoms with E-state index in [0.29, 0.717) is 16.5 Å². The van der Waals surface area contributed by atoms with Gasteiger partial charge in [0.25, 0.3) is 5.91 Å². The van der Waals surface area contributed by atoms with E-state index in [0.717, 1.165) is 39.6 Å². The summed E-state index contributed by atoms with van der Waals surface area (Å²) in [6, 6.07) is 29.3. The number of nitrogens with one attached hydrogen (secondary N) is 2. The largest absolute Gasteiger partial charge is 0.484 e. The molecule has 1 amide bonds. The first-order valence-electron chi connectivity index (χ1n) is 14.8. The second-order valence-electron chi connectivity index (χ2n) is 11.2. The second kappa shape index (κ2) is 12.9. The van der Waals surface area contributed by atoms with Crippen LogP contribution in [0.25, 0.3) is 5.69 Å². The molecular weight excluding hydrogens is 598 g/mol. The van der Waals surface area contributed by atoms with Gasteiger partial charge in [-0.25, -0.2) is 4.79 Å². The third-order valence-electron chi connectivity index (χ3n) is 8.13. The molecule has 2 atom stereocenters. The van der Waals surface area contributed by atoms with Crippen molar-refractivity contribution in [3.63, 3.8) is 0 Å². The van der Waals surface area contributed by atoms with Crippen LogP contribution >= 0.6 is 12.2 Å². The lowest BCUT2D eigenvalue weighted by atomic mass is 9.96. The normalized spacial score (nSPS) is 15.8. The number of nitrogens with zero attached hydrogens (tertiary/aromatic N) is 3. The molecule has 3 heterocycles. The number of hydrogen-bond donors (Lipinski definition) is 3. The Balaban J connectivity index is 1.33. The van der Waals surface area contributed by atoms with E-state index in [1.165, 1.54) is 0 Å². The first-order valence-corrected chi connectivity index (χ1v) is 15.2. The molecular formula is C36H33N5O4S. The van der Waals surface area contributed by atoms with Crippen LogP contribution in [0, 0.1) is 20.8 Å². The smallest absolute Gasteiger partial charge is 0.335 e. The lowest BCUT2D eigenvalue weighted by Crippen LogP contribution is -2.29. The van der Waals surface area contributed by atoms with Crippen molar-refractivity contribution in [1.82, 2.24) is 14.9 Å². The quantitative estimate of drug-likeness (QED) is 0.155. The first kappa shape index (κ1) is 30.5. The molecule has 5 aromatic rings. The van der Waals surface area contributed by atoms with Gasteiger partial charge in [-0.05, 0) is 111 Å². The molecule has 0 radical (unpaired) electrons. The lowest BCUT2D eigenvalue weighted by Gasteiger charge is -2.28. The monoisotopic (exact) mass is 631 g/mol. The molecule has 2 aromatic heterocycles. The highest BCUT2D eigenvalue weighted by Crippen LogP contribution is 2.44. The standard InChI is InChI=1S/C36H33N5O4S/c1-22-12-13-25(35(43)44)20-31(22)40-23(2)19-29(24(40)3)34-33(30-11-7-8-18-37-30)39-36(46)41(34)27-16-14-26(15-17-27)38-32(42)21-45-28-9-5-4-6-10-28/h4-20,33-34H,21H2,1-3H3,(H,38,42)(H,39,46)(H,43,44)/t33-,34+/m1/s1. The third-order valence-corrected chi connectivity index (χ3v) is 8.44. The van der Waals surface area contributed by atoms with Crippen LogP contribution in [0.4, 0.5) is 11.4 Å². The summed E-state index contributed by atoms with van der Waals surface area (Å²) in [6.45, 7) is 5.93. The van der Waals surface area contributed by atoms with E-state index >= 15 is 0 Å². The van der Waals surface area contributed by atoms with Crippen molar-refractivity contribution in [2.45, 2.75) is 32.9 Å². The molecule has 10 heteroatoms. The highest BCUT2D eigenvalue weighted by molar-refractivity contribution is 7.80. The second-order valence-corrected chi connectivity index (χ2v) is 11.5. The molecule has 1 aliphatic heterocycles. The van der Waals surface area contributed by atoms with E-state index in [1.54, 1.807) is 30.5 Å². The molecule has 46 heavy (non-hydrogen) atoms. The number of rotatable bonds is 9. The molecule has 1 fully saturated rings. The number of hydrogen-bond acceptors (Lipinski definition) is 5. The van der Waals surface area contributed by atoms with Gasteiger partial charge in [0, 0.05) is 34.6 Å². The molecule has 0 bridgehead atoms. The Morgan fingerprint density at radius 1 is 0.957 bits per heavy atom. The number of pyridine rings is 1. The zero-order chi connectivity index (χ0) is 32.4. The van der Waals surface area contributed by atoms with Crippen molar-refractivity contribution in [2.75, 3.05) is 16.8 Å². The summed E-state index contributed by atoms with van der Waals surface area (Å²) in [5, 5.41) is 16.6. The average Bonchev–Trinajstić information content (AvgIpc) is 3.55. The average molecular weight is 632 g/mol. The van der Waals surface area contributed by atoms with Crippen molar-refractivity contribution in [1.29, 1.82) is 0 Å². The maximum Gasteiger partial charge on any atom is 0.335 e. The van der Waals surface area contributed by atoms with Gasteiger partial charge < -0.3 is 29.9 Å². The van der Waals surface area contributed by atoms with Crippen LogP contribution < -0.4 is 20.3 Å². The Hall–Kier alpha value is -5.48. The van der Waals surface area contributed by atoms with Crippen molar-refractivity contribution in [3.05, 3.63) is 137 Å². The summed E-state index contributed by atoms with van der Waals surface area (Å²) in [7, 11) is 0. The molecule has 3 aromatic carbocycles. The Kier molecular flexibility index (Phi) is 8.54. The summed E-state index contributed by atoms with van der Waals surface area (Å²) >= 11 is 5.93. The highest BCUT2D eigenvalue weighted by Gasteiger charge is 2.42. The van der Waals surface area contributed by atoms with Crippen LogP contribution in [0.2, 0.25) is 0 Å². The predicted octanol–water partition coefficient (Wildman–Crippen LogP) is 6.69. The van der Waals surface area contributed by atoms with Gasteiger partial charge in [-0.3, -0.25) is 9.78 Å². The fraction of sp³-hybridized carbons (Fsp3) is 0.167. The molecule has 232 valence electrons. The van der Waals surface area contributed by atoms with Crippen LogP contribution in [-0.4, -0.2) is 38.3 Å². The molecule has 6 rings (SSSR count). The van der Waals surface area contributed by atoms with Gasteiger partial charge in [0.05, 0.1) is 23.3 Å². The van der Waals surface area contributed by atoms with E-state index in [9.17, 15) is 14.7 Å². The van der Waals surface area contributed by atoms with Crippen LogP contribution in [0.1, 0.15) is 50.7 Å². The highest BCUT2D eigenvalue weighted by atomic mass is 32.1. The van der Waals surface area contributed by atoms with Gasteiger partial charge in [0.1, 0.15) is 5.75 Å². The van der Waals surface area contributed by atoms with E-state index < -0.39 is 5.97 Å². The number of carboxylic acid groups (broad SMARTS) is 1. The van der Waals surface area contributed by atoms with Crippen LogP contribution in [0.3, 0.4) is 0 Å². The fourth-order valence-electron chi connectivity index (χ4n) is 5.96.